The van der Waals surface area contributed by atoms with Crippen molar-refractivity contribution in [3.8, 4) is 0 Å². The molecule has 1 aliphatic heterocycles. The summed E-state index contributed by atoms with van der Waals surface area (Å²) in [7, 11) is 0. The average Bonchev–Trinajstić information content (AvgIpc) is 3.33. The molecule has 0 radical (unpaired) electrons. The van der Waals surface area contributed by atoms with Crippen molar-refractivity contribution in [2.45, 2.75) is 294 Å². The van der Waals surface area contributed by atoms with Gasteiger partial charge >= 0.3 is 5.97 Å². The number of carbonyl (C=O) groups is 2. The van der Waals surface area contributed by atoms with E-state index in [9.17, 15) is 35.1 Å². The first-order valence-corrected chi connectivity index (χ1v) is 28.3. The minimum Gasteiger partial charge on any atom is -0.466 e. The van der Waals surface area contributed by atoms with E-state index < -0.39 is 49.5 Å². The van der Waals surface area contributed by atoms with Gasteiger partial charge in [-0.3, -0.25) is 9.59 Å². The topological polar surface area (TPSA) is 175 Å². The van der Waals surface area contributed by atoms with Crippen LogP contribution in [0.5, 0.6) is 0 Å². The van der Waals surface area contributed by atoms with Crippen LogP contribution in [0.3, 0.4) is 0 Å². The minimum atomic E-state index is -1.58. The van der Waals surface area contributed by atoms with Gasteiger partial charge in [0.2, 0.25) is 5.91 Å². The Bertz CT molecular complexity index is 1230. The minimum absolute atomic E-state index is 0.0123. The Balaban J connectivity index is 2.09. The van der Waals surface area contributed by atoms with Crippen molar-refractivity contribution in [2.24, 2.45) is 0 Å². The van der Waals surface area contributed by atoms with Crippen LogP contribution >= 0.6 is 0 Å². The zero-order valence-electron chi connectivity index (χ0n) is 43.6. The molecule has 0 spiro atoms. The molecule has 0 bridgehead atoms. The van der Waals surface area contributed by atoms with Gasteiger partial charge in [0, 0.05) is 12.8 Å². The average molecular weight is 964 g/mol. The van der Waals surface area contributed by atoms with E-state index in [1.165, 1.54) is 141 Å². The smallest absolute Gasteiger partial charge is 0.305 e. The highest BCUT2D eigenvalue weighted by molar-refractivity contribution is 5.76. The molecule has 1 rings (SSSR count). The molecule has 0 aromatic heterocycles. The molecule has 68 heavy (non-hydrogen) atoms. The molecule has 1 heterocycles. The van der Waals surface area contributed by atoms with Gasteiger partial charge in [-0.25, -0.2) is 0 Å². The summed E-state index contributed by atoms with van der Waals surface area (Å²) in [5.74, 6) is -0.216. The number of esters is 1. The maximum atomic E-state index is 13.0. The monoisotopic (exact) mass is 964 g/mol. The van der Waals surface area contributed by atoms with Crippen LogP contribution in [0.4, 0.5) is 0 Å². The van der Waals surface area contributed by atoms with Crippen LogP contribution < -0.4 is 5.32 Å². The Labute approximate surface area is 415 Å². The summed E-state index contributed by atoms with van der Waals surface area (Å²) in [6.07, 6.45) is 46.7. The third-order valence-corrected chi connectivity index (χ3v) is 13.2. The summed E-state index contributed by atoms with van der Waals surface area (Å²) in [6, 6.07) is -0.833. The SMILES string of the molecule is CCCCCC/C=C/CC/C=C/C(O)C(COC1OC(CO)C(O)C(O)C1O)NC(=O)CCCCCCCCC/C=C\CCCCCCCCCCOC(=O)CCCCCCCCCCCCC. The molecule has 0 saturated carbocycles. The lowest BCUT2D eigenvalue weighted by Crippen LogP contribution is -2.60. The highest BCUT2D eigenvalue weighted by Crippen LogP contribution is 2.23. The molecule has 7 unspecified atom stereocenters. The molecule has 6 N–H and O–H groups in total. The summed E-state index contributed by atoms with van der Waals surface area (Å²) in [6.45, 7) is 4.26. The summed E-state index contributed by atoms with van der Waals surface area (Å²) >= 11 is 0. The van der Waals surface area contributed by atoms with Gasteiger partial charge in [0.1, 0.15) is 24.4 Å². The fourth-order valence-corrected chi connectivity index (χ4v) is 8.68. The quantitative estimate of drug-likeness (QED) is 0.0196. The van der Waals surface area contributed by atoms with Crippen LogP contribution in [0.15, 0.2) is 36.5 Å². The summed E-state index contributed by atoms with van der Waals surface area (Å²) < 4.78 is 16.6. The maximum Gasteiger partial charge on any atom is 0.305 e. The molecule has 1 amide bonds. The molecule has 11 heteroatoms. The number of aliphatic hydroxyl groups is 5. The first-order valence-electron chi connectivity index (χ1n) is 28.3. The number of unbranched alkanes of at least 4 members (excludes halogenated alkanes) is 30. The van der Waals surface area contributed by atoms with Crippen molar-refractivity contribution in [1.29, 1.82) is 0 Å². The van der Waals surface area contributed by atoms with Crippen LogP contribution in [0, 0.1) is 0 Å². The predicted octanol–water partition coefficient (Wildman–Crippen LogP) is 12.3. The van der Waals surface area contributed by atoms with Gasteiger partial charge in [0.05, 0.1) is 32.0 Å². The molecule has 1 fully saturated rings. The summed E-state index contributed by atoms with van der Waals surface area (Å²) in [4.78, 5) is 25.0. The standard InChI is InChI=1S/C57H105NO10/c1-3-5-7-9-11-13-24-29-33-37-41-45-53(62)66-46-42-38-34-30-26-23-21-19-17-15-16-18-20-22-25-28-32-36-40-44-52(61)58-49(48-67-57-56(65)55(64)54(63)51(47-59)68-57)50(60)43-39-35-31-27-14-12-10-8-6-4-2/h14-16,27,39,43,49-51,54-57,59-60,63-65H,3-13,17-26,28-38,40-42,44-48H2,1-2H3,(H,58,61)/b16-15-,27-14+,43-39+. The fourth-order valence-electron chi connectivity index (χ4n) is 8.68. The van der Waals surface area contributed by atoms with Crippen molar-refractivity contribution in [3.05, 3.63) is 36.5 Å². The van der Waals surface area contributed by atoms with Gasteiger partial charge in [0.15, 0.2) is 6.29 Å². The Hall–Kier alpha value is -2.12. The molecular weight excluding hydrogens is 859 g/mol. The third-order valence-electron chi connectivity index (χ3n) is 13.2. The zero-order valence-corrected chi connectivity index (χ0v) is 43.6. The van der Waals surface area contributed by atoms with Crippen LogP contribution in [0.25, 0.3) is 0 Å². The van der Waals surface area contributed by atoms with E-state index in [1.807, 2.05) is 6.08 Å². The van der Waals surface area contributed by atoms with Gasteiger partial charge in [-0.05, 0) is 70.6 Å². The van der Waals surface area contributed by atoms with Gasteiger partial charge < -0.3 is 45.1 Å². The van der Waals surface area contributed by atoms with E-state index in [0.717, 1.165) is 83.5 Å². The lowest BCUT2D eigenvalue weighted by Gasteiger charge is -2.40. The number of nitrogens with one attached hydrogen (secondary N) is 1. The third kappa shape index (κ3) is 36.8. The normalized spacial score (nSPS) is 19.7. The second kappa shape index (κ2) is 47.2. The van der Waals surface area contributed by atoms with Crippen molar-refractivity contribution >= 4 is 11.9 Å². The second-order valence-corrected chi connectivity index (χ2v) is 19.6. The van der Waals surface area contributed by atoms with E-state index in [4.69, 9.17) is 14.2 Å². The molecule has 11 nitrogen and oxygen atoms in total. The van der Waals surface area contributed by atoms with E-state index in [0.29, 0.717) is 19.4 Å². The number of hydrogen-bond acceptors (Lipinski definition) is 10. The first kappa shape index (κ1) is 63.9. The van der Waals surface area contributed by atoms with Gasteiger partial charge in [-0.1, -0.05) is 204 Å². The number of allylic oxidation sites excluding steroid dienone is 5. The summed E-state index contributed by atoms with van der Waals surface area (Å²) in [5, 5.41) is 54.1. The van der Waals surface area contributed by atoms with Crippen molar-refractivity contribution < 1.29 is 49.3 Å². The van der Waals surface area contributed by atoms with Crippen LogP contribution in [0.1, 0.15) is 251 Å². The molecular formula is C57H105NO10. The van der Waals surface area contributed by atoms with Gasteiger partial charge in [-0.2, -0.15) is 0 Å². The Morgan fingerprint density at radius 1 is 0.529 bits per heavy atom. The highest BCUT2D eigenvalue weighted by Gasteiger charge is 2.44. The van der Waals surface area contributed by atoms with Crippen molar-refractivity contribution in [1.82, 2.24) is 5.32 Å². The van der Waals surface area contributed by atoms with E-state index in [2.05, 4.69) is 43.5 Å². The molecule has 1 saturated heterocycles. The fraction of sp³-hybridized carbons (Fsp3) is 0.860. The molecule has 7 atom stereocenters. The highest BCUT2D eigenvalue weighted by atomic mass is 16.7. The first-order chi connectivity index (χ1) is 33.2. The number of carbonyl (C=O) groups excluding carboxylic acids is 2. The lowest BCUT2D eigenvalue weighted by molar-refractivity contribution is -0.302. The van der Waals surface area contributed by atoms with Crippen molar-refractivity contribution in [3.63, 3.8) is 0 Å². The predicted molar refractivity (Wildman–Crippen MR) is 278 cm³/mol. The number of rotatable bonds is 48. The molecule has 0 aliphatic carbocycles. The molecule has 0 aromatic rings. The van der Waals surface area contributed by atoms with Crippen molar-refractivity contribution in [2.75, 3.05) is 19.8 Å². The molecule has 0 aromatic carbocycles. The lowest BCUT2D eigenvalue weighted by atomic mass is 9.99. The van der Waals surface area contributed by atoms with Crippen LogP contribution in [0.2, 0.25) is 0 Å². The number of ether oxygens (including phenoxy) is 3. The Morgan fingerprint density at radius 3 is 1.47 bits per heavy atom. The van der Waals surface area contributed by atoms with E-state index in [-0.39, 0.29) is 18.5 Å². The van der Waals surface area contributed by atoms with Gasteiger partial charge in [-0.15, -0.1) is 0 Å². The second-order valence-electron chi connectivity index (χ2n) is 19.6. The largest absolute Gasteiger partial charge is 0.466 e. The Kier molecular flexibility index (Phi) is 44.4. The van der Waals surface area contributed by atoms with E-state index >= 15 is 0 Å². The van der Waals surface area contributed by atoms with Gasteiger partial charge in [0.25, 0.3) is 0 Å². The Morgan fingerprint density at radius 2 is 0.956 bits per heavy atom. The molecule has 398 valence electrons. The zero-order chi connectivity index (χ0) is 49.6. The number of aliphatic hydroxyl groups excluding tert-OH is 5. The van der Waals surface area contributed by atoms with Crippen LogP contribution in [-0.4, -0.2) is 100 Å². The number of hydrogen-bond donors (Lipinski definition) is 6. The molecule has 1 aliphatic rings. The summed E-state index contributed by atoms with van der Waals surface area (Å²) in [5.41, 5.74) is 0. The maximum absolute atomic E-state index is 13.0. The van der Waals surface area contributed by atoms with Crippen LogP contribution in [-0.2, 0) is 23.8 Å². The van der Waals surface area contributed by atoms with E-state index in [1.54, 1.807) is 6.08 Å². The number of amides is 1.